The number of halogens is 1. The quantitative estimate of drug-likeness (QED) is 0.792. The first-order chi connectivity index (χ1) is 9.43. The van der Waals surface area contributed by atoms with Crippen LogP contribution < -0.4 is 0 Å². The van der Waals surface area contributed by atoms with Gasteiger partial charge in [0.2, 0.25) is 0 Å². The maximum Gasteiger partial charge on any atom is 0.252 e. The Morgan fingerprint density at radius 1 is 1.40 bits per heavy atom. The molecule has 0 amide bonds. The summed E-state index contributed by atoms with van der Waals surface area (Å²) in [6.07, 6.45) is 0. The number of aromatic nitrogens is 1. The summed E-state index contributed by atoms with van der Waals surface area (Å²) in [6, 6.07) is 7.18. The van der Waals surface area contributed by atoms with Crippen LogP contribution in [0.5, 0.6) is 0 Å². The third kappa shape index (κ3) is 3.38. The standard InChI is InChI=1S/C13H15ClN2O2S2/c1-10-4-3-5-12(15-10)8-16(2)20(17,18)13-6-11(7-14)9-19-13/h3-6,9H,7-8H2,1-2H3. The van der Waals surface area contributed by atoms with Crippen molar-refractivity contribution in [3.05, 3.63) is 46.6 Å². The van der Waals surface area contributed by atoms with E-state index in [1.807, 2.05) is 25.1 Å². The normalized spacial score (nSPS) is 12.0. The van der Waals surface area contributed by atoms with Gasteiger partial charge in [0.25, 0.3) is 10.0 Å². The van der Waals surface area contributed by atoms with Crippen LogP contribution in [-0.4, -0.2) is 24.8 Å². The van der Waals surface area contributed by atoms with Gasteiger partial charge in [0.05, 0.1) is 12.2 Å². The van der Waals surface area contributed by atoms with E-state index in [0.717, 1.165) is 17.0 Å². The van der Waals surface area contributed by atoms with Gasteiger partial charge in [-0.1, -0.05) is 6.07 Å². The zero-order chi connectivity index (χ0) is 14.8. The molecule has 7 heteroatoms. The molecule has 0 spiro atoms. The second kappa shape index (κ2) is 6.22. The number of hydrogen-bond acceptors (Lipinski definition) is 4. The molecule has 0 saturated heterocycles. The van der Waals surface area contributed by atoms with Crippen LogP contribution in [0.2, 0.25) is 0 Å². The number of alkyl halides is 1. The molecule has 0 radical (unpaired) electrons. The highest BCUT2D eigenvalue weighted by Crippen LogP contribution is 2.24. The summed E-state index contributed by atoms with van der Waals surface area (Å²) in [7, 11) is -1.93. The van der Waals surface area contributed by atoms with Crippen molar-refractivity contribution in [2.45, 2.75) is 23.6 Å². The predicted molar refractivity (Wildman–Crippen MR) is 81.5 cm³/mol. The number of pyridine rings is 1. The zero-order valence-electron chi connectivity index (χ0n) is 11.2. The van der Waals surface area contributed by atoms with E-state index in [9.17, 15) is 8.42 Å². The fourth-order valence-electron chi connectivity index (χ4n) is 1.71. The summed E-state index contributed by atoms with van der Waals surface area (Å²) < 4.78 is 26.4. The Labute approximate surface area is 128 Å². The number of rotatable bonds is 5. The van der Waals surface area contributed by atoms with E-state index in [2.05, 4.69) is 4.98 Å². The molecule has 2 rings (SSSR count). The Morgan fingerprint density at radius 3 is 2.75 bits per heavy atom. The van der Waals surface area contributed by atoms with E-state index in [1.165, 1.54) is 15.6 Å². The van der Waals surface area contributed by atoms with Crippen LogP contribution >= 0.6 is 22.9 Å². The summed E-state index contributed by atoms with van der Waals surface area (Å²) >= 11 is 6.89. The molecular weight excluding hydrogens is 316 g/mol. The first-order valence-corrected chi connectivity index (χ1v) is 8.81. The fourth-order valence-corrected chi connectivity index (χ4v) is 4.52. The van der Waals surface area contributed by atoms with E-state index in [4.69, 9.17) is 11.6 Å². The molecule has 2 aromatic heterocycles. The van der Waals surface area contributed by atoms with Gasteiger partial charge in [0.15, 0.2) is 0 Å². The van der Waals surface area contributed by atoms with Crippen molar-refractivity contribution in [2.75, 3.05) is 7.05 Å². The van der Waals surface area contributed by atoms with Crippen molar-refractivity contribution >= 4 is 33.0 Å². The van der Waals surface area contributed by atoms with Gasteiger partial charge in [-0.05, 0) is 36.1 Å². The molecule has 0 aliphatic rings. The Morgan fingerprint density at radius 2 is 2.15 bits per heavy atom. The van der Waals surface area contributed by atoms with Gasteiger partial charge < -0.3 is 0 Å². The van der Waals surface area contributed by atoms with Crippen molar-refractivity contribution in [3.63, 3.8) is 0 Å². The minimum atomic E-state index is -3.49. The lowest BCUT2D eigenvalue weighted by atomic mass is 10.3. The first-order valence-electron chi connectivity index (χ1n) is 5.95. The van der Waals surface area contributed by atoms with Crippen LogP contribution in [0.1, 0.15) is 17.0 Å². The number of aryl methyl sites for hydroxylation is 1. The maximum absolute atomic E-state index is 12.4. The van der Waals surface area contributed by atoms with Crippen LogP contribution in [0.4, 0.5) is 0 Å². The molecule has 0 aromatic carbocycles. The minimum absolute atomic E-state index is 0.248. The Kier molecular flexibility index (Phi) is 4.80. The summed E-state index contributed by atoms with van der Waals surface area (Å²) in [5, 5.41) is 1.76. The second-order valence-corrected chi connectivity index (χ2v) is 7.89. The molecule has 4 nitrogen and oxygen atoms in total. The number of thiophene rings is 1. The van der Waals surface area contributed by atoms with Gasteiger partial charge in [0.1, 0.15) is 4.21 Å². The molecule has 0 N–H and O–H groups in total. The third-order valence-corrected chi connectivity index (χ3v) is 6.36. The average Bonchev–Trinajstić information content (AvgIpc) is 2.88. The zero-order valence-corrected chi connectivity index (χ0v) is 13.6. The van der Waals surface area contributed by atoms with Gasteiger partial charge in [-0.25, -0.2) is 8.42 Å². The van der Waals surface area contributed by atoms with Crippen molar-refractivity contribution < 1.29 is 8.42 Å². The van der Waals surface area contributed by atoms with Crippen molar-refractivity contribution in [1.82, 2.24) is 9.29 Å². The number of nitrogens with zero attached hydrogens (tertiary/aromatic N) is 2. The highest BCUT2D eigenvalue weighted by atomic mass is 35.5. The molecule has 20 heavy (non-hydrogen) atoms. The van der Waals surface area contributed by atoms with E-state index >= 15 is 0 Å². The third-order valence-electron chi connectivity index (χ3n) is 2.78. The summed E-state index contributed by atoms with van der Waals surface area (Å²) in [5.74, 6) is 0.315. The Hall–Kier alpha value is -0.950. The lowest BCUT2D eigenvalue weighted by Gasteiger charge is -2.15. The maximum atomic E-state index is 12.4. The van der Waals surface area contributed by atoms with Gasteiger partial charge in [0, 0.05) is 18.6 Å². The smallest absolute Gasteiger partial charge is 0.252 e. The molecule has 2 heterocycles. The molecule has 0 aliphatic carbocycles. The summed E-state index contributed by atoms with van der Waals surface area (Å²) in [4.78, 5) is 4.32. The molecule has 0 aliphatic heterocycles. The number of hydrogen-bond donors (Lipinski definition) is 0. The van der Waals surface area contributed by atoms with E-state index in [1.54, 1.807) is 18.5 Å². The Balaban J connectivity index is 2.21. The van der Waals surface area contributed by atoms with Crippen molar-refractivity contribution in [3.8, 4) is 0 Å². The molecular formula is C13H15ClN2O2S2. The lowest BCUT2D eigenvalue weighted by molar-refractivity contribution is 0.463. The number of sulfonamides is 1. The van der Waals surface area contributed by atoms with Crippen LogP contribution in [0.25, 0.3) is 0 Å². The van der Waals surface area contributed by atoms with Gasteiger partial charge >= 0.3 is 0 Å². The second-order valence-electron chi connectivity index (χ2n) is 4.44. The molecule has 0 saturated carbocycles. The van der Waals surface area contributed by atoms with Crippen LogP contribution in [0.3, 0.4) is 0 Å². The fraction of sp³-hybridized carbons (Fsp3) is 0.308. The summed E-state index contributed by atoms with van der Waals surface area (Å²) in [6.45, 7) is 2.13. The monoisotopic (exact) mass is 330 g/mol. The van der Waals surface area contributed by atoms with Crippen molar-refractivity contribution in [1.29, 1.82) is 0 Å². The van der Waals surface area contributed by atoms with Gasteiger partial charge in [-0.3, -0.25) is 4.98 Å². The largest absolute Gasteiger partial charge is 0.257 e. The van der Waals surface area contributed by atoms with Gasteiger partial charge in [-0.15, -0.1) is 22.9 Å². The summed E-state index contributed by atoms with van der Waals surface area (Å²) in [5.41, 5.74) is 2.41. The molecule has 0 fully saturated rings. The molecule has 0 bridgehead atoms. The lowest BCUT2D eigenvalue weighted by Crippen LogP contribution is -2.26. The first kappa shape index (κ1) is 15.4. The van der Waals surface area contributed by atoms with Crippen molar-refractivity contribution in [2.24, 2.45) is 0 Å². The van der Waals surface area contributed by atoms with E-state index in [-0.39, 0.29) is 6.54 Å². The topological polar surface area (TPSA) is 50.3 Å². The van der Waals surface area contributed by atoms with E-state index < -0.39 is 10.0 Å². The minimum Gasteiger partial charge on any atom is -0.257 e. The van der Waals surface area contributed by atoms with Crippen LogP contribution in [0.15, 0.2) is 33.9 Å². The molecule has 0 atom stereocenters. The Bertz CT molecular complexity index is 698. The van der Waals surface area contributed by atoms with Crippen LogP contribution in [-0.2, 0) is 22.4 Å². The predicted octanol–water partition coefficient (Wildman–Crippen LogP) is 3.01. The SMILES string of the molecule is Cc1cccc(CN(C)S(=O)(=O)c2cc(CCl)cs2)n1. The molecule has 0 unspecified atom stereocenters. The highest BCUT2D eigenvalue weighted by molar-refractivity contribution is 7.91. The average molecular weight is 331 g/mol. The van der Waals surface area contributed by atoms with Gasteiger partial charge in [-0.2, -0.15) is 4.31 Å². The molecule has 108 valence electrons. The highest BCUT2D eigenvalue weighted by Gasteiger charge is 2.23. The van der Waals surface area contributed by atoms with Crippen LogP contribution in [0, 0.1) is 6.92 Å². The van der Waals surface area contributed by atoms with E-state index in [0.29, 0.717) is 10.1 Å². The molecule has 2 aromatic rings.